The Morgan fingerprint density at radius 3 is 1.14 bits per heavy atom. The lowest BCUT2D eigenvalue weighted by atomic mass is 9.60. The third-order valence-electron chi connectivity index (χ3n) is 33.5. The predicted molar refractivity (Wildman–Crippen MR) is 484 cm³/mol. The van der Waals surface area contributed by atoms with Gasteiger partial charge in [0.15, 0.2) is 16.6 Å². The maximum Gasteiger partial charge on any atom is 0.306 e. The molecule has 0 spiro atoms. The van der Waals surface area contributed by atoms with Gasteiger partial charge in [-0.3, -0.25) is 14.4 Å². The van der Waals surface area contributed by atoms with Crippen molar-refractivity contribution in [2.45, 2.75) is 409 Å². The summed E-state index contributed by atoms with van der Waals surface area (Å²) in [6, 6.07) is 0. The van der Waals surface area contributed by atoms with Crippen LogP contribution in [-0.2, 0) is 42.2 Å². The minimum atomic E-state index is -1.98. The lowest BCUT2D eigenvalue weighted by Gasteiger charge is -2.46. The molecule has 13 aliphatic rings. The second kappa shape index (κ2) is 40.0. The molecule has 0 bridgehead atoms. The van der Waals surface area contributed by atoms with Gasteiger partial charge < -0.3 is 38.1 Å². The van der Waals surface area contributed by atoms with Crippen molar-refractivity contribution in [3.8, 4) is 0 Å². The van der Waals surface area contributed by atoms with Gasteiger partial charge in [-0.2, -0.15) is 0 Å². The predicted octanol–water partition coefficient (Wildman–Crippen LogP) is 27.0. The molecule has 10 aliphatic carbocycles. The third kappa shape index (κ3) is 22.0. The van der Waals surface area contributed by atoms with Gasteiger partial charge in [0, 0.05) is 38.5 Å². The topological polar surface area (TPSA) is 155 Å². The van der Waals surface area contributed by atoms with Crippen molar-refractivity contribution < 1.29 is 52.5 Å². The van der Waals surface area contributed by atoms with Gasteiger partial charge in [0.05, 0.1) is 24.4 Å². The molecule has 15 heteroatoms. The second-order valence-corrected chi connectivity index (χ2v) is 53.0. The molecule has 13 fully saturated rings. The number of aliphatic hydroxyl groups excluding tert-OH is 2. The number of cyclic esters (lactones) is 3. The van der Waals surface area contributed by atoms with Gasteiger partial charge in [-0.15, -0.1) is 0 Å². The zero-order chi connectivity index (χ0) is 81.8. The number of aliphatic hydroxyl groups is 2. The molecule has 7 unspecified atom stereocenters. The minimum Gasteiger partial charge on any atom is -0.462 e. The Bertz CT molecular complexity index is 3510. The molecule has 3 saturated heterocycles. The number of carbonyl (C=O) groups excluding carboxylic acids is 4. The molecule has 3 heterocycles. The van der Waals surface area contributed by atoms with Crippen LogP contribution in [0.4, 0.5) is 0 Å². The van der Waals surface area contributed by atoms with Crippen molar-refractivity contribution in [2.24, 2.45) is 92.7 Å². The van der Waals surface area contributed by atoms with Crippen molar-refractivity contribution in [2.75, 3.05) is 0 Å². The monoisotopic (exact) mass is 1740 g/mol. The Kier molecular flexibility index (Phi) is 34.0. The van der Waals surface area contributed by atoms with Crippen LogP contribution < -0.4 is 0 Å². The van der Waals surface area contributed by atoms with Gasteiger partial charge in [0.25, 0.3) is 0 Å². The number of halogens is 2. The summed E-state index contributed by atoms with van der Waals surface area (Å²) in [5.74, 6) is 7.98. The van der Waals surface area contributed by atoms with Gasteiger partial charge in [-0.05, 0) is 341 Å². The van der Waals surface area contributed by atoms with Crippen molar-refractivity contribution in [1.82, 2.24) is 0 Å². The first kappa shape index (κ1) is 96.7. The Morgan fingerprint density at radius 1 is 0.474 bits per heavy atom. The summed E-state index contributed by atoms with van der Waals surface area (Å²) < 4.78 is 30.7. The molecule has 0 radical (unpaired) electrons. The lowest BCUT2D eigenvalue weighted by Crippen LogP contribution is -2.49. The summed E-state index contributed by atoms with van der Waals surface area (Å²) in [7, 11) is -3.91. The summed E-state index contributed by atoms with van der Waals surface area (Å²) in [6.45, 7) is 51.6. The molecule has 0 aromatic heterocycles. The van der Waals surface area contributed by atoms with E-state index in [0.29, 0.717) is 101 Å². The normalized spacial score (nSPS) is 38.9. The molecule has 11 nitrogen and oxygen atoms in total. The molecule has 13 rings (SSSR count). The van der Waals surface area contributed by atoms with Crippen LogP contribution in [-0.4, -0.2) is 93.8 Å². The van der Waals surface area contributed by atoms with E-state index in [-0.39, 0.29) is 73.4 Å². The highest BCUT2D eigenvalue weighted by Gasteiger charge is 2.56. The van der Waals surface area contributed by atoms with Crippen LogP contribution in [0.2, 0.25) is 36.3 Å². The van der Waals surface area contributed by atoms with Crippen LogP contribution in [0.1, 0.15) is 330 Å². The Hall–Kier alpha value is -2.77. The van der Waals surface area contributed by atoms with Crippen LogP contribution >= 0.6 is 31.9 Å². The van der Waals surface area contributed by atoms with Gasteiger partial charge in [-0.25, -0.2) is 0 Å². The smallest absolute Gasteiger partial charge is 0.306 e. The van der Waals surface area contributed by atoms with Gasteiger partial charge in [-0.1, -0.05) is 203 Å². The average molecular weight is 1740 g/mol. The summed E-state index contributed by atoms with van der Waals surface area (Å²) in [5.41, 5.74) is 12.2. The maximum absolute atomic E-state index is 11.7. The van der Waals surface area contributed by atoms with E-state index in [0.717, 1.165) is 105 Å². The van der Waals surface area contributed by atoms with Crippen molar-refractivity contribution in [3.63, 3.8) is 0 Å². The molecular weight excluding hydrogens is 1580 g/mol. The highest BCUT2D eigenvalue weighted by Crippen LogP contribution is 2.64. The molecule has 3 aliphatic heterocycles. The summed E-state index contributed by atoms with van der Waals surface area (Å²) in [5, 5.41) is 20.5. The van der Waals surface area contributed by atoms with E-state index in [4.69, 9.17) is 23.1 Å². The molecule has 0 amide bonds. The van der Waals surface area contributed by atoms with E-state index in [9.17, 15) is 29.4 Å². The van der Waals surface area contributed by atoms with Crippen LogP contribution in [0.3, 0.4) is 0 Å². The molecule has 0 aromatic carbocycles. The van der Waals surface area contributed by atoms with E-state index >= 15 is 0 Å². The van der Waals surface area contributed by atoms with Crippen LogP contribution in [0.25, 0.3) is 0 Å². The number of carbonyl (C=O) groups is 4. The third-order valence-corrected chi connectivity index (χ3v) is 43.7. The quantitative estimate of drug-likeness (QED) is 0.0583. The molecular formula is C99H162Br2O11Si2. The first-order chi connectivity index (χ1) is 52.6. The number of esters is 3. The molecule has 114 heavy (non-hydrogen) atoms. The maximum atomic E-state index is 11.7. The fourth-order valence-electron chi connectivity index (χ4n) is 25.2. The van der Waals surface area contributed by atoms with Crippen LogP contribution in [0.5, 0.6) is 0 Å². The van der Waals surface area contributed by atoms with Crippen LogP contribution in [0, 0.1) is 92.7 Å². The lowest BCUT2D eigenvalue weighted by molar-refractivity contribution is -0.143. The minimum absolute atomic E-state index is 0. The number of hydrogen-bond donors (Lipinski definition) is 2. The number of rotatable bonds is 18. The Morgan fingerprint density at radius 2 is 0.807 bits per heavy atom. The highest BCUT2D eigenvalue weighted by atomic mass is 79.9. The molecule has 10 saturated carbocycles. The van der Waals surface area contributed by atoms with Crippen molar-refractivity contribution >= 4 is 72.7 Å². The second-order valence-electron chi connectivity index (χ2n) is 42.6. The van der Waals surface area contributed by atoms with Gasteiger partial charge in [0.1, 0.15) is 24.6 Å². The zero-order valence-corrected chi connectivity index (χ0v) is 78.5. The zero-order valence-electron chi connectivity index (χ0n) is 73.3. The molecule has 2 N–H and O–H groups in total. The first-order valence-corrected chi connectivity index (χ1v) is 52.7. The summed E-state index contributed by atoms with van der Waals surface area (Å²) in [4.78, 5) is 49.6. The van der Waals surface area contributed by atoms with E-state index < -0.39 is 28.8 Å². The van der Waals surface area contributed by atoms with E-state index in [1.165, 1.54) is 139 Å². The number of fused-ring (bicyclic) bond motifs is 4. The summed E-state index contributed by atoms with van der Waals surface area (Å²) in [6.07, 6.45) is 46.7. The number of allylic oxidation sites excluding steroid dienone is 8. The van der Waals surface area contributed by atoms with Gasteiger partial charge in [0.2, 0.25) is 0 Å². The SMILES string of the molecule is C.C.C=C1/C(=C\C=C2/CCC[C@@]3(C)C2CC[C@@H]3[C@H](C)CC2CCC(=O)O2)C[C@@H](O)C[C@@H]1O.C=C1/C(=C\C=C2/CCC[C@@]3(C)C2CC[C@@H]3[C@H](C)CC2CCC(=O)O2)C[C@@H](O[Si](C)(C)C(C)(C)C)C[C@@H]1O[Si](C)(C)C(C)(C)C.C[C@H](CC1CCC(=O)O1)[C@H]1CCC2/C(=C/Br)CCC[C@@]21C.C[C@H](CC=O)[C@H]1CCC2/C(=C/Br)CCC[C@@]21C. The average Bonchev–Trinajstić information content (AvgIpc) is 1.71. The fraction of sp³-hybridized carbons (Fsp3) is 0.798. The van der Waals surface area contributed by atoms with E-state index in [2.05, 4.69) is 202 Å². The number of ether oxygens (including phenoxy) is 3. The standard InChI is InChI=1S/C38H66O4Si2.C26H38O4.C18H27BrO2.C15H23BrO.2CH4/c1-26(23-30-18-21-35(39)40-30)32-19-20-33-28(15-14-22-38(32,33)9)16-17-29-24-31(41-43(10,11)36(3,4)5)25-34(27(29)2)42-44(12,13)37(6,7)8;1-16(13-21-8-11-25(29)30-21)22-9-10-23-18(5-4-12-26(22,23)3)6-7-19-14-20(27)15-24(28)17(19)2;1-12(10-14-5-8-17(20)21-14)15-6-7-16-13(11-19)4-3-9-18(15,16)2;1-11(7-9-17)13-5-6-14-12(10-16)4-3-8-15(13,14)2;;/h16-17,26,30-34H,2,14-15,18-25H2,1,3-13H3;6-7,16,20-24,27-28H,2,4-5,8-15H2,1,3H3;11-12,14-16H,3-10H2,1-2H3;9-11,13-14H,3-8H2,1-2H3;2*1H4/b28-16+,29-17-;18-6+,19-7-;13-11+;12-10+;;/t26-,30?,31-,32-,33?,34+,38-;16-,20-,21?,22-,23?,24+,26-;12-,14?,15-,16?,18-;11-,13-,14?,15-;;/m1111../s1. The fourth-order valence-corrected chi connectivity index (χ4v) is 29.0. The van der Waals surface area contributed by atoms with Crippen LogP contribution in [0.15, 0.2) is 92.0 Å². The Balaban J connectivity index is 0.000000201. The highest BCUT2D eigenvalue weighted by molar-refractivity contribution is 9.11. The number of hydrogen-bond acceptors (Lipinski definition) is 11. The largest absolute Gasteiger partial charge is 0.462 e. The molecule has 0 aromatic rings. The summed E-state index contributed by atoms with van der Waals surface area (Å²) >= 11 is 7.13. The molecule has 23 atom stereocenters. The van der Waals surface area contributed by atoms with Crippen molar-refractivity contribution in [3.05, 3.63) is 92.0 Å². The van der Waals surface area contributed by atoms with Gasteiger partial charge >= 0.3 is 17.9 Å². The Labute approximate surface area is 713 Å². The van der Waals surface area contributed by atoms with Crippen molar-refractivity contribution in [1.29, 1.82) is 0 Å². The van der Waals surface area contributed by atoms with E-state index in [1.807, 2.05) is 0 Å². The van der Waals surface area contributed by atoms with E-state index in [1.54, 1.807) is 16.7 Å². The molecule has 646 valence electrons. The first-order valence-electron chi connectivity index (χ1n) is 45.1. The number of aldehydes is 1.